The Labute approximate surface area is 194 Å². The maximum Gasteiger partial charge on any atom is 0.303 e. The van der Waals surface area contributed by atoms with Gasteiger partial charge in [0.2, 0.25) is 0 Å². The molecule has 2 aliphatic rings. The fourth-order valence-corrected chi connectivity index (χ4v) is 3.64. The molecule has 2 fully saturated rings. The van der Waals surface area contributed by atoms with Crippen LogP contribution in [0.1, 0.15) is 34.1 Å². The molecule has 0 radical (unpaired) electrons. The normalized spacial score (nSPS) is 35.7. The number of esters is 4. The standard InChI is InChI=1S/C20H30O14/c1-8(22)28-7-15-16(17(30-10(3)24)18(19(27)32-15)31-11(4)25)34-20-13(29-9(2)23)5-12(26)14(6-21)33-20/h12-21,26-27H,5-7H2,1-4H3/t12-,13-,14-,15-,16-,17+,18-,19-,20+/m1/s1. The van der Waals surface area contributed by atoms with Crippen molar-refractivity contribution in [1.82, 2.24) is 0 Å². The summed E-state index contributed by atoms with van der Waals surface area (Å²) >= 11 is 0. The molecule has 3 N–H and O–H groups in total. The first kappa shape index (κ1) is 27.9. The average Bonchev–Trinajstić information content (AvgIpc) is 2.71. The summed E-state index contributed by atoms with van der Waals surface area (Å²) in [5, 5.41) is 30.0. The highest BCUT2D eigenvalue weighted by Gasteiger charge is 2.53. The van der Waals surface area contributed by atoms with Crippen molar-refractivity contribution in [3.63, 3.8) is 0 Å². The second kappa shape index (κ2) is 12.4. The molecule has 194 valence electrons. The van der Waals surface area contributed by atoms with Gasteiger partial charge < -0.3 is 48.5 Å². The Morgan fingerprint density at radius 2 is 1.38 bits per heavy atom. The monoisotopic (exact) mass is 494 g/mol. The van der Waals surface area contributed by atoms with Crippen molar-refractivity contribution in [2.24, 2.45) is 0 Å². The van der Waals surface area contributed by atoms with Crippen LogP contribution in [0.5, 0.6) is 0 Å². The Morgan fingerprint density at radius 3 is 1.91 bits per heavy atom. The Kier molecular flexibility index (Phi) is 10.1. The first-order valence-electron chi connectivity index (χ1n) is 10.5. The van der Waals surface area contributed by atoms with Gasteiger partial charge in [-0.05, 0) is 0 Å². The van der Waals surface area contributed by atoms with Crippen LogP contribution in [0.3, 0.4) is 0 Å². The minimum atomic E-state index is -1.78. The average molecular weight is 494 g/mol. The summed E-state index contributed by atoms with van der Waals surface area (Å²) in [7, 11) is 0. The van der Waals surface area contributed by atoms with Gasteiger partial charge >= 0.3 is 23.9 Å². The molecule has 0 spiro atoms. The first-order valence-corrected chi connectivity index (χ1v) is 10.5. The molecule has 0 saturated carbocycles. The van der Waals surface area contributed by atoms with Gasteiger partial charge in [-0.25, -0.2) is 0 Å². The molecule has 9 atom stereocenters. The van der Waals surface area contributed by atoms with Gasteiger partial charge in [-0.3, -0.25) is 19.2 Å². The highest BCUT2D eigenvalue weighted by atomic mass is 16.7. The van der Waals surface area contributed by atoms with Gasteiger partial charge in [0.15, 0.2) is 30.9 Å². The maximum absolute atomic E-state index is 11.8. The molecule has 2 rings (SSSR count). The molecule has 2 heterocycles. The van der Waals surface area contributed by atoms with Crippen LogP contribution < -0.4 is 0 Å². The van der Waals surface area contributed by atoms with Crippen LogP contribution in [0, 0.1) is 0 Å². The van der Waals surface area contributed by atoms with E-state index in [0.717, 1.165) is 27.7 Å². The van der Waals surface area contributed by atoms with Gasteiger partial charge in [-0.15, -0.1) is 0 Å². The third-order valence-corrected chi connectivity index (χ3v) is 4.97. The van der Waals surface area contributed by atoms with Crippen molar-refractivity contribution in [2.75, 3.05) is 13.2 Å². The zero-order chi connectivity index (χ0) is 25.6. The Morgan fingerprint density at radius 1 is 0.794 bits per heavy atom. The van der Waals surface area contributed by atoms with Crippen molar-refractivity contribution in [2.45, 2.75) is 89.4 Å². The second-order valence-electron chi connectivity index (χ2n) is 7.79. The summed E-state index contributed by atoms with van der Waals surface area (Å²) in [5.74, 6) is -3.03. The number of hydrogen-bond acceptors (Lipinski definition) is 14. The summed E-state index contributed by atoms with van der Waals surface area (Å²) < 4.78 is 37.4. The van der Waals surface area contributed by atoms with Gasteiger partial charge in [0.1, 0.15) is 24.9 Å². The van der Waals surface area contributed by atoms with Crippen LogP contribution in [0.25, 0.3) is 0 Å². The number of ether oxygens (including phenoxy) is 7. The van der Waals surface area contributed by atoms with Crippen molar-refractivity contribution in [3.05, 3.63) is 0 Å². The fraction of sp³-hybridized carbons (Fsp3) is 0.800. The number of aliphatic hydroxyl groups is 3. The highest BCUT2D eigenvalue weighted by molar-refractivity contribution is 5.68. The predicted octanol–water partition coefficient (Wildman–Crippen LogP) is -2.08. The summed E-state index contributed by atoms with van der Waals surface area (Å²) in [6.45, 7) is 3.35. The molecular formula is C20H30O14. The van der Waals surface area contributed by atoms with Crippen molar-refractivity contribution in [3.8, 4) is 0 Å². The molecule has 14 nitrogen and oxygen atoms in total. The zero-order valence-electron chi connectivity index (χ0n) is 19.1. The van der Waals surface area contributed by atoms with E-state index in [0.29, 0.717) is 0 Å². The molecule has 0 aromatic rings. The summed E-state index contributed by atoms with van der Waals surface area (Å²) in [6, 6.07) is 0. The number of carbonyl (C=O) groups is 4. The van der Waals surface area contributed by atoms with E-state index in [1.54, 1.807) is 0 Å². The van der Waals surface area contributed by atoms with Crippen LogP contribution >= 0.6 is 0 Å². The molecular weight excluding hydrogens is 464 g/mol. The van der Waals surface area contributed by atoms with Crippen LogP contribution in [0.4, 0.5) is 0 Å². The molecule has 0 unspecified atom stereocenters. The van der Waals surface area contributed by atoms with Crippen LogP contribution in [0.2, 0.25) is 0 Å². The fourth-order valence-electron chi connectivity index (χ4n) is 3.64. The van der Waals surface area contributed by atoms with E-state index in [1.807, 2.05) is 0 Å². The number of hydrogen-bond donors (Lipinski definition) is 3. The third kappa shape index (κ3) is 7.58. The molecule has 14 heteroatoms. The van der Waals surface area contributed by atoms with E-state index < -0.39 is 92.4 Å². The minimum absolute atomic E-state index is 0.161. The van der Waals surface area contributed by atoms with E-state index in [1.165, 1.54) is 0 Å². The van der Waals surface area contributed by atoms with Crippen molar-refractivity contribution in [1.29, 1.82) is 0 Å². The van der Waals surface area contributed by atoms with Gasteiger partial charge in [0, 0.05) is 34.1 Å². The topological polar surface area (TPSA) is 194 Å². The molecule has 0 bridgehead atoms. The molecule has 2 aliphatic heterocycles. The third-order valence-electron chi connectivity index (χ3n) is 4.97. The van der Waals surface area contributed by atoms with Gasteiger partial charge in [0.05, 0.1) is 12.7 Å². The van der Waals surface area contributed by atoms with Crippen LogP contribution in [0.15, 0.2) is 0 Å². The Bertz CT molecular complexity index is 741. The largest absolute Gasteiger partial charge is 0.463 e. The van der Waals surface area contributed by atoms with E-state index in [2.05, 4.69) is 0 Å². The van der Waals surface area contributed by atoms with Gasteiger partial charge in [0.25, 0.3) is 0 Å². The van der Waals surface area contributed by atoms with Gasteiger partial charge in [-0.1, -0.05) is 0 Å². The quantitative estimate of drug-likeness (QED) is 0.246. The first-order chi connectivity index (χ1) is 15.9. The smallest absolute Gasteiger partial charge is 0.303 e. The highest BCUT2D eigenvalue weighted by Crippen LogP contribution is 2.32. The Hall–Kier alpha value is -2.36. The molecule has 0 aromatic carbocycles. The van der Waals surface area contributed by atoms with Crippen LogP contribution in [-0.4, -0.2) is 108 Å². The summed E-state index contributed by atoms with van der Waals surface area (Å²) in [5.41, 5.74) is 0. The predicted molar refractivity (Wildman–Crippen MR) is 105 cm³/mol. The van der Waals surface area contributed by atoms with Crippen molar-refractivity contribution < 1.29 is 67.7 Å². The number of rotatable bonds is 8. The molecule has 0 amide bonds. The van der Waals surface area contributed by atoms with E-state index >= 15 is 0 Å². The summed E-state index contributed by atoms with van der Waals surface area (Å²) in [4.78, 5) is 46.3. The summed E-state index contributed by atoms with van der Waals surface area (Å²) in [6.07, 6.45) is -12.4. The molecule has 0 aliphatic carbocycles. The maximum atomic E-state index is 11.8. The van der Waals surface area contributed by atoms with Crippen molar-refractivity contribution >= 4 is 23.9 Å². The second-order valence-corrected chi connectivity index (χ2v) is 7.79. The lowest BCUT2D eigenvalue weighted by Gasteiger charge is -2.46. The minimum Gasteiger partial charge on any atom is -0.463 e. The van der Waals surface area contributed by atoms with E-state index in [-0.39, 0.29) is 6.42 Å². The molecule has 2 saturated heterocycles. The lowest BCUT2D eigenvalue weighted by atomic mass is 9.97. The van der Waals surface area contributed by atoms with E-state index in [9.17, 15) is 34.5 Å². The lowest BCUT2D eigenvalue weighted by Crippen LogP contribution is -2.64. The number of aliphatic hydroxyl groups excluding tert-OH is 3. The lowest BCUT2D eigenvalue weighted by molar-refractivity contribution is -0.345. The Balaban J connectivity index is 2.41. The van der Waals surface area contributed by atoms with Crippen LogP contribution in [-0.2, 0) is 52.3 Å². The van der Waals surface area contributed by atoms with E-state index in [4.69, 9.17) is 33.2 Å². The SMILES string of the molecule is CC(=O)OC[C@H]1O[C@@H](O)[C@H](OC(C)=O)[C@@H](OC(C)=O)[C@@H]1O[C@@H]1O[C@H](CO)[C@H](O)C[C@H]1OC(C)=O. The molecule has 0 aromatic heterocycles. The number of carbonyl (C=O) groups excluding carboxylic acids is 4. The van der Waals surface area contributed by atoms with Gasteiger partial charge in [-0.2, -0.15) is 0 Å². The molecule has 34 heavy (non-hydrogen) atoms. The zero-order valence-corrected chi connectivity index (χ0v) is 19.1.